The molecule has 2 unspecified atom stereocenters. The first-order valence-corrected chi connectivity index (χ1v) is 24.1. The summed E-state index contributed by atoms with van der Waals surface area (Å²) in [7, 11) is 1.67. The van der Waals surface area contributed by atoms with Gasteiger partial charge in [0.25, 0.3) is 0 Å². The van der Waals surface area contributed by atoms with E-state index < -0.39 is 30.3 Å². The zero-order valence-electron chi connectivity index (χ0n) is 38.7. The summed E-state index contributed by atoms with van der Waals surface area (Å²) in [6, 6.07) is 16.7. The topological polar surface area (TPSA) is 217 Å². The van der Waals surface area contributed by atoms with Crippen molar-refractivity contribution in [2.75, 3.05) is 33.4 Å². The first kappa shape index (κ1) is 50.6. The minimum absolute atomic E-state index is 0.0527. The Morgan fingerprint density at radius 1 is 0.672 bits per heavy atom. The van der Waals surface area contributed by atoms with E-state index in [1.165, 1.54) is 23.5 Å². The van der Waals surface area contributed by atoms with Crippen molar-refractivity contribution < 1.29 is 28.7 Å². The summed E-state index contributed by atoms with van der Waals surface area (Å²) in [4.78, 5) is 60.0. The normalized spacial score (nSPS) is 18.0. The maximum atomic E-state index is 14.2. The molecule has 4 heterocycles. The van der Waals surface area contributed by atoms with Gasteiger partial charge in [-0.05, 0) is 134 Å². The molecule has 4 amide bonds. The van der Waals surface area contributed by atoms with E-state index in [1.54, 1.807) is 60.8 Å². The minimum Gasteiger partial charge on any atom is -0.363 e. The average molecular weight is 954 g/mol. The van der Waals surface area contributed by atoms with Gasteiger partial charge >= 0.3 is 0 Å². The van der Waals surface area contributed by atoms with E-state index >= 15 is 0 Å². The molecule has 2 saturated heterocycles. The summed E-state index contributed by atoms with van der Waals surface area (Å²) in [6.07, 6.45) is 1.64. The van der Waals surface area contributed by atoms with Crippen LogP contribution >= 0.6 is 23.5 Å². The van der Waals surface area contributed by atoms with Gasteiger partial charge in [-0.1, -0.05) is 62.1 Å². The van der Waals surface area contributed by atoms with Crippen LogP contribution in [0.2, 0.25) is 0 Å². The van der Waals surface area contributed by atoms with Crippen LogP contribution in [0.3, 0.4) is 0 Å². The molecule has 0 saturated carbocycles. The van der Waals surface area contributed by atoms with Crippen molar-refractivity contribution in [1.82, 2.24) is 66.2 Å². The van der Waals surface area contributed by atoms with Crippen LogP contribution in [0.1, 0.15) is 60.3 Å². The van der Waals surface area contributed by atoms with Crippen LogP contribution in [0, 0.1) is 29.6 Å². The van der Waals surface area contributed by atoms with E-state index in [4.69, 9.17) is 9.47 Å². The fourth-order valence-electron chi connectivity index (χ4n) is 7.53. The van der Waals surface area contributed by atoms with Crippen molar-refractivity contribution in [3.8, 4) is 23.7 Å². The number of hydrogen-bond acceptors (Lipinski definition) is 15. The van der Waals surface area contributed by atoms with Crippen LogP contribution in [-0.4, -0.2) is 150 Å². The maximum absolute atomic E-state index is 14.2. The smallest absolute Gasteiger partial charge is 0.248 e. The number of ether oxygens (including phenoxy) is 2. The van der Waals surface area contributed by atoms with Gasteiger partial charge in [-0.25, -0.2) is 9.36 Å². The predicted octanol–water partition coefficient (Wildman–Crippen LogP) is 2.69. The van der Waals surface area contributed by atoms with Crippen LogP contribution in [-0.2, 0) is 41.7 Å². The predicted molar refractivity (Wildman–Crippen MR) is 250 cm³/mol. The van der Waals surface area contributed by atoms with Crippen molar-refractivity contribution in [3.63, 3.8) is 0 Å². The molecule has 7 atom stereocenters. The molecule has 0 bridgehead atoms. The lowest BCUT2D eigenvalue weighted by atomic mass is 10.1. The number of carbonyl (C=O) groups excluding carboxylic acids is 4. The number of nitrogens with zero attached hydrogens (tertiary/aromatic N) is 10. The molecule has 6 rings (SSSR count). The molecule has 2 aromatic carbocycles. The van der Waals surface area contributed by atoms with E-state index in [2.05, 4.69) is 70.7 Å². The second kappa shape index (κ2) is 25.3. The Bertz CT molecular complexity index is 2380. The van der Waals surface area contributed by atoms with Gasteiger partial charge in [0.15, 0.2) is 0 Å². The Morgan fingerprint density at radius 3 is 1.52 bits per heavy atom. The Hall–Kier alpha value is -5.84. The highest BCUT2D eigenvalue weighted by atomic mass is 32.2. The number of nitrogens with one attached hydrogen (secondary N) is 3. The van der Waals surface area contributed by atoms with Crippen molar-refractivity contribution in [1.29, 1.82) is 0 Å². The average Bonchev–Trinajstić information content (AvgIpc) is 4.18. The van der Waals surface area contributed by atoms with Crippen molar-refractivity contribution in [2.24, 2.45) is 5.92 Å². The Labute approximate surface area is 400 Å². The summed E-state index contributed by atoms with van der Waals surface area (Å²) in [6.45, 7) is 10.4. The van der Waals surface area contributed by atoms with Gasteiger partial charge in [0.05, 0.1) is 43.4 Å². The molecule has 2 aliphatic heterocycles. The van der Waals surface area contributed by atoms with Crippen molar-refractivity contribution >= 4 is 47.2 Å². The lowest BCUT2D eigenvalue weighted by Crippen LogP contribution is -2.58. The summed E-state index contributed by atoms with van der Waals surface area (Å²) in [5, 5.41) is 34.6. The highest BCUT2D eigenvalue weighted by Gasteiger charge is 2.39. The van der Waals surface area contributed by atoms with Gasteiger partial charge in [0, 0.05) is 28.8 Å². The first-order valence-electron chi connectivity index (χ1n) is 22.5. The number of carbonyl (C=O) groups is 4. The fourth-order valence-corrected chi connectivity index (χ4v) is 9.13. The van der Waals surface area contributed by atoms with Gasteiger partial charge in [0.2, 0.25) is 33.9 Å². The summed E-state index contributed by atoms with van der Waals surface area (Å²) in [5.74, 6) is 9.75. The number of rotatable bonds is 21. The SMILES string of the molecule is CN[C@@H](C)C(=O)N[C@H](C(=O)N1CCC[C@H]1Cn1nnnc1Sc1ccccc1)C(C)OCC#CC#CCOC(C)[C@H](NC(=O)C(C)C)C(=O)N1CCC[C@H]1Cn1nnnc1Sc1ccccc1. The Balaban J connectivity index is 1.03. The molecule has 19 nitrogen and oxygen atoms in total. The Morgan fingerprint density at radius 2 is 1.10 bits per heavy atom. The quantitative estimate of drug-likeness (QED) is 0.102. The molecule has 0 radical (unpaired) electrons. The number of aromatic nitrogens is 8. The lowest BCUT2D eigenvalue weighted by Gasteiger charge is -2.32. The molecule has 21 heteroatoms. The third kappa shape index (κ3) is 14.3. The number of benzene rings is 2. The highest BCUT2D eigenvalue weighted by molar-refractivity contribution is 7.99. The molecular weight excluding hydrogens is 895 g/mol. The van der Waals surface area contributed by atoms with Crippen LogP contribution in [0.5, 0.6) is 0 Å². The number of likely N-dealkylation sites (N-methyl/N-ethyl adjacent to an activating group) is 1. The van der Waals surface area contributed by atoms with Crippen LogP contribution < -0.4 is 16.0 Å². The highest BCUT2D eigenvalue weighted by Crippen LogP contribution is 2.29. The molecule has 356 valence electrons. The van der Waals surface area contributed by atoms with Gasteiger partial charge in [-0.15, -0.1) is 10.2 Å². The third-order valence-corrected chi connectivity index (χ3v) is 13.4. The largest absolute Gasteiger partial charge is 0.363 e. The zero-order valence-corrected chi connectivity index (χ0v) is 40.3. The number of tetrazole rings is 2. The summed E-state index contributed by atoms with van der Waals surface area (Å²) < 4.78 is 15.4. The maximum Gasteiger partial charge on any atom is 0.248 e. The zero-order chi connectivity index (χ0) is 47.7. The standard InChI is InChI=1S/C46H59N13O6S2/c1-31(2)41(60)48-39(43(62)56-25-17-19-35(56)29-58-45(50-52-54-58)66-37-21-11-9-12-22-37)33(4)64-27-15-7-8-16-28-65-34(5)40(49-42(61)32(3)47-6)44(63)57-26-18-20-36(57)30-59-46(51-53-55-59)67-38-23-13-10-14-24-38/h9-14,21-24,31-36,39-40,47H,17-20,25-30H2,1-6H3,(H,48,60)(H,49,61)/t32-,33?,34?,35-,36-,39-,40-/m0/s1. The summed E-state index contributed by atoms with van der Waals surface area (Å²) in [5.41, 5.74) is 0. The molecule has 2 aromatic heterocycles. The van der Waals surface area contributed by atoms with Gasteiger partial charge in [-0.3, -0.25) is 19.2 Å². The molecule has 3 N–H and O–H groups in total. The monoisotopic (exact) mass is 953 g/mol. The third-order valence-electron chi connectivity index (χ3n) is 11.5. The van der Waals surface area contributed by atoms with Gasteiger partial charge in [-0.2, -0.15) is 0 Å². The Kier molecular flexibility index (Phi) is 19.1. The second-order valence-electron chi connectivity index (χ2n) is 16.5. The molecule has 2 aliphatic rings. The van der Waals surface area contributed by atoms with Crippen molar-refractivity contribution in [3.05, 3.63) is 60.7 Å². The molecule has 0 spiro atoms. The van der Waals surface area contributed by atoms with Gasteiger partial charge < -0.3 is 35.2 Å². The number of likely N-dealkylation sites (tertiary alicyclic amines) is 2. The van der Waals surface area contributed by atoms with Crippen LogP contribution in [0.25, 0.3) is 0 Å². The minimum atomic E-state index is -0.989. The van der Waals surface area contributed by atoms with E-state index in [0.29, 0.717) is 36.5 Å². The fraction of sp³-hybridized carbons (Fsp3) is 0.522. The molecule has 67 heavy (non-hydrogen) atoms. The van der Waals surface area contributed by atoms with Crippen LogP contribution in [0.15, 0.2) is 80.8 Å². The summed E-state index contributed by atoms with van der Waals surface area (Å²) >= 11 is 2.89. The van der Waals surface area contributed by atoms with E-state index in [1.807, 2.05) is 60.7 Å². The van der Waals surface area contributed by atoms with Gasteiger partial charge in [0.1, 0.15) is 25.3 Å². The molecule has 0 aliphatic carbocycles. The second-order valence-corrected chi connectivity index (χ2v) is 18.6. The molecule has 2 fully saturated rings. The van der Waals surface area contributed by atoms with E-state index in [0.717, 1.165) is 35.5 Å². The number of amides is 4. The van der Waals surface area contributed by atoms with E-state index in [-0.39, 0.29) is 54.8 Å². The molecule has 4 aromatic rings. The van der Waals surface area contributed by atoms with Crippen LogP contribution in [0.4, 0.5) is 0 Å². The molecular formula is C46H59N13O6S2. The van der Waals surface area contributed by atoms with E-state index in [9.17, 15) is 19.2 Å². The lowest BCUT2D eigenvalue weighted by molar-refractivity contribution is -0.142. The first-order chi connectivity index (χ1) is 32.4. The van der Waals surface area contributed by atoms with Crippen molar-refractivity contribution in [2.45, 2.75) is 136 Å². The number of hydrogen-bond donors (Lipinski definition) is 3.